The molecule has 184 valence electrons. The largest absolute Gasteiger partial charge is 0.497 e. The number of halogens is 3. The zero-order chi connectivity index (χ0) is 26.0. The first-order valence-corrected chi connectivity index (χ1v) is 11.7. The third kappa shape index (κ3) is 5.18. The first-order valence-electron chi connectivity index (χ1n) is 10.6. The summed E-state index contributed by atoms with van der Waals surface area (Å²) >= 11 is 18.3. The van der Waals surface area contributed by atoms with E-state index in [1.807, 2.05) is 0 Å². The maximum absolute atomic E-state index is 13.3. The molecular formula is C26H19Cl3N2O5. The predicted octanol–water partition coefficient (Wildman–Crippen LogP) is 6.21. The molecule has 4 amide bonds. The Kier molecular flexibility index (Phi) is 7.54. The molecule has 0 aromatic heterocycles. The van der Waals surface area contributed by atoms with Gasteiger partial charge in [0.1, 0.15) is 23.7 Å². The van der Waals surface area contributed by atoms with Crippen LogP contribution in [0.1, 0.15) is 16.7 Å². The van der Waals surface area contributed by atoms with Crippen molar-refractivity contribution in [3.63, 3.8) is 0 Å². The molecule has 0 saturated carbocycles. The highest BCUT2D eigenvalue weighted by Gasteiger charge is 2.37. The lowest BCUT2D eigenvalue weighted by atomic mass is 10.0. The fraction of sp³-hybridized carbons (Fsp3) is 0.115. The number of nitrogens with one attached hydrogen (secondary N) is 1. The molecule has 0 radical (unpaired) electrons. The average molecular weight is 546 g/mol. The van der Waals surface area contributed by atoms with E-state index in [2.05, 4.69) is 5.32 Å². The van der Waals surface area contributed by atoms with Crippen molar-refractivity contribution in [1.82, 2.24) is 5.32 Å². The van der Waals surface area contributed by atoms with E-state index in [-0.39, 0.29) is 17.9 Å². The van der Waals surface area contributed by atoms with Crippen LogP contribution < -0.4 is 19.7 Å². The molecule has 4 rings (SSSR count). The van der Waals surface area contributed by atoms with Gasteiger partial charge in [0.2, 0.25) is 0 Å². The molecule has 0 spiro atoms. The number of carbonyl (C=O) groups is 3. The smallest absolute Gasteiger partial charge is 0.335 e. The molecule has 1 fully saturated rings. The Hall–Kier alpha value is -3.52. The van der Waals surface area contributed by atoms with Crippen molar-refractivity contribution in [2.75, 3.05) is 12.0 Å². The molecule has 0 bridgehead atoms. The van der Waals surface area contributed by atoms with Crippen molar-refractivity contribution in [2.24, 2.45) is 0 Å². The molecule has 1 heterocycles. The van der Waals surface area contributed by atoms with Gasteiger partial charge < -0.3 is 9.47 Å². The Morgan fingerprint density at radius 3 is 2.44 bits per heavy atom. The van der Waals surface area contributed by atoms with Gasteiger partial charge in [-0.2, -0.15) is 0 Å². The highest BCUT2D eigenvalue weighted by Crippen LogP contribution is 2.32. The molecular weight excluding hydrogens is 527 g/mol. The number of ether oxygens (including phenoxy) is 2. The minimum atomic E-state index is -0.863. The summed E-state index contributed by atoms with van der Waals surface area (Å²) in [6, 6.07) is 14.0. The maximum Gasteiger partial charge on any atom is 0.335 e. The van der Waals surface area contributed by atoms with Gasteiger partial charge in [-0.1, -0.05) is 46.9 Å². The number of anilines is 1. The monoisotopic (exact) mass is 544 g/mol. The number of nitrogens with zero attached hydrogens (tertiary/aromatic N) is 1. The minimum Gasteiger partial charge on any atom is -0.497 e. The fourth-order valence-corrected chi connectivity index (χ4v) is 4.04. The van der Waals surface area contributed by atoms with Gasteiger partial charge in [-0.25, -0.2) is 9.69 Å². The summed E-state index contributed by atoms with van der Waals surface area (Å²) in [4.78, 5) is 39.5. The number of hydrogen-bond acceptors (Lipinski definition) is 5. The molecule has 7 nitrogen and oxygen atoms in total. The van der Waals surface area contributed by atoms with Gasteiger partial charge in [0, 0.05) is 16.7 Å². The lowest BCUT2D eigenvalue weighted by Crippen LogP contribution is -2.54. The van der Waals surface area contributed by atoms with E-state index >= 15 is 0 Å². The van der Waals surface area contributed by atoms with Gasteiger partial charge in [-0.05, 0) is 60.5 Å². The number of hydrogen-bond donors (Lipinski definition) is 1. The predicted molar refractivity (Wildman–Crippen MR) is 139 cm³/mol. The number of barbiturate groups is 1. The molecule has 1 aliphatic heterocycles. The van der Waals surface area contributed by atoms with Gasteiger partial charge in [-0.3, -0.25) is 14.9 Å². The van der Waals surface area contributed by atoms with Crippen molar-refractivity contribution in [2.45, 2.75) is 13.5 Å². The summed E-state index contributed by atoms with van der Waals surface area (Å²) in [6.45, 7) is 1.81. The summed E-state index contributed by atoms with van der Waals surface area (Å²) in [7, 11) is 1.51. The summed E-state index contributed by atoms with van der Waals surface area (Å²) < 4.78 is 11.3. The van der Waals surface area contributed by atoms with Crippen molar-refractivity contribution in [1.29, 1.82) is 0 Å². The number of amides is 4. The van der Waals surface area contributed by atoms with Crippen LogP contribution in [-0.4, -0.2) is 25.0 Å². The quantitative estimate of drug-likeness (QED) is 0.294. The highest BCUT2D eigenvalue weighted by molar-refractivity contribution is 6.42. The molecule has 1 aliphatic rings. The van der Waals surface area contributed by atoms with Crippen LogP contribution in [0.15, 0.2) is 60.2 Å². The van der Waals surface area contributed by atoms with Gasteiger partial charge in [0.05, 0.1) is 22.8 Å². The molecule has 1 saturated heterocycles. The molecule has 0 atom stereocenters. The lowest BCUT2D eigenvalue weighted by Gasteiger charge is -2.28. The van der Waals surface area contributed by atoms with E-state index in [0.29, 0.717) is 37.7 Å². The van der Waals surface area contributed by atoms with Crippen LogP contribution in [0.3, 0.4) is 0 Å². The van der Waals surface area contributed by atoms with Crippen LogP contribution >= 0.6 is 34.8 Å². The second-order valence-corrected chi connectivity index (χ2v) is 9.00. The van der Waals surface area contributed by atoms with Crippen LogP contribution in [0, 0.1) is 6.92 Å². The lowest BCUT2D eigenvalue weighted by molar-refractivity contribution is -0.122. The zero-order valence-electron chi connectivity index (χ0n) is 19.1. The van der Waals surface area contributed by atoms with E-state index in [4.69, 9.17) is 44.3 Å². The van der Waals surface area contributed by atoms with Crippen molar-refractivity contribution < 1.29 is 23.9 Å². The third-order valence-corrected chi connectivity index (χ3v) is 6.63. The third-order valence-electron chi connectivity index (χ3n) is 5.48. The summed E-state index contributed by atoms with van der Waals surface area (Å²) in [5, 5.41) is 3.39. The molecule has 1 N–H and O–H groups in total. The van der Waals surface area contributed by atoms with Crippen LogP contribution in [0.2, 0.25) is 15.1 Å². The van der Waals surface area contributed by atoms with Gasteiger partial charge in [-0.15, -0.1) is 0 Å². The van der Waals surface area contributed by atoms with E-state index in [0.717, 1.165) is 10.5 Å². The number of rotatable bonds is 6. The van der Waals surface area contributed by atoms with Crippen molar-refractivity contribution in [3.05, 3.63) is 91.9 Å². The number of imide groups is 2. The fourth-order valence-electron chi connectivity index (χ4n) is 3.55. The summed E-state index contributed by atoms with van der Waals surface area (Å²) in [6.07, 6.45) is 1.36. The Morgan fingerprint density at radius 1 is 0.944 bits per heavy atom. The van der Waals surface area contributed by atoms with Gasteiger partial charge in [0.25, 0.3) is 11.8 Å². The zero-order valence-corrected chi connectivity index (χ0v) is 21.4. The van der Waals surface area contributed by atoms with E-state index in [1.54, 1.807) is 61.5 Å². The topological polar surface area (TPSA) is 84.9 Å². The van der Waals surface area contributed by atoms with Gasteiger partial charge >= 0.3 is 6.03 Å². The normalized spacial score (nSPS) is 14.8. The molecule has 10 heteroatoms. The summed E-state index contributed by atoms with van der Waals surface area (Å²) in [5.41, 5.74) is 1.72. The SMILES string of the molecule is COc1ccc(/C=C2\C(=O)NC(=O)N(c3cccc(Cl)c3C)C2=O)c(OCc2ccc(Cl)c(Cl)c2)c1. The van der Waals surface area contributed by atoms with Crippen molar-refractivity contribution in [3.8, 4) is 11.5 Å². The number of urea groups is 1. The molecule has 3 aromatic carbocycles. The van der Waals surface area contributed by atoms with Crippen LogP contribution in [0.4, 0.5) is 10.5 Å². The number of methoxy groups -OCH3 is 1. The second-order valence-electron chi connectivity index (χ2n) is 7.78. The standard InChI is InChI=1S/C26H19Cl3N2O5/c1-14-19(27)4-3-5-22(14)31-25(33)18(24(32)30-26(31)34)11-16-7-8-17(35-2)12-23(16)36-13-15-6-9-20(28)21(29)10-15/h3-12H,13H2,1-2H3,(H,30,32,34)/b18-11+. The maximum atomic E-state index is 13.3. The number of carbonyl (C=O) groups excluding carboxylic acids is 3. The first kappa shape index (κ1) is 25.6. The Bertz CT molecular complexity index is 1420. The van der Waals surface area contributed by atoms with Crippen LogP contribution in [-0.2, 0) is 16.2 Å². The Balaban J connectivity index is 1.70. The van der Waals surface area contributed by atoms with E-state index in [1.165, 1.54) is 13.2 Å². The molecule has 0 aliphatic carbocycles. The molecule has 3 aromatic rings. The summed E-state index contributed by atoms with van der Waals surface area (Å²) in [5.74, 6) is -0.768. The van der Waals surface area contributed by atoms with Gasteiger partial charge in [0.15, 0.2) is 0 Å². The molecule has 0 unspecified atom stereocenters. The Morgan fingerprint density at radius 2 is 1.72 bits per heavy atom. The van der Waals surface area contributed by atoms with E-state index in [9.17, 15) is 14.4 Å². The average Bonchev–Trinajstić information content (AvgIpc) is 2.85. The second kappa shape index (κ2) is 10.6. The Labute approximate surface area is 222 Å². The van der Waals surface area contributed by atoms with Crippen LogP contribution in [0.5, 0.6) is 11.5 Å². The number of benzene rings is 3. The minimum absolute atomic E-state index is 0.132. The highest BCUT2D eigenvalue weighted by atomic mass is 35.5. The van der Waals surface area contributed by atoms with E-state index < -0.39 is 17.8 Å². The van der Waals surface area contributed by atoms with Crippen molar-refractivity contribution >= 4 is 64.4 Å². The van der Waals surface area contributed by atoms with Crippen LogP contribution in [0.25, 0.3) is 6.08 Å². The first-order chi connectivity index (χ1) is 17.2. The molecule has 36 heavy (non-hydrogen) atoms.